The maximum absolute atomic E-state index is 12.5. The summed E-state index contributed by atoms with van der Waals surface area (Å²) < 4.78 is 0. The average Bonchev–Trinajstić information content (AvgIpc) is 3.11. The molecule has 0 aromatic heterocycles. The van der Waals surface area contributed by atoms with Crippen molar-refractivity contribution in [3.05, 3.63) is 35.4 Å². The zero-order valence-corrected chi connectivity index (χ0v) is 17.4. The number of rotatable bonds is 6. The summed E-state index contributed by atoms with van der Waals surface area (Å²) in [6.07, 6.45) is 4.70. The Hall–Kier alpha value is -0.850. The van der Waals surface area contributed by atoms with Crippen LogP contribution < -0.4 is 11.1 Å². The minimum atomic E-state index is -0.146. The third-order valence-electron chi connectivity index (χ3n) is 5.82. The molecule has 1 aromatic carbocycles. The van der Waals surface area contributed by atoms with Gasteiger partial charge in [0.2, 0.25) is 5.91 Å². The number of hydrogen-bond donors (Lipinski definition) is 3. The molecule has 4 N–H and O–H groups in total. The van der Waals surface area contributed by atoms with Gasteiger partial charge in [-0.2, -0.15) is 0 Å². The predicted octanol–water partition coefficient (Wildman–Crippen LogP) is 2.48. The van der Waals surface area contributed by atoms with Crippen molar-refractivity contribution in [1.82, 2.24) is 10.2 Å². The Kier molecular flexibility index (Phi) is 10.6. The number of benzene rings is 1. The molecule has 0 spiro atoms. The van der Waals surface area contributed by atoms with Crippen molar-refractivity contribution in [2.45, 2.75) is 51.3 Å². The number of carbonyl (C=O) groups is 1. The van der Waals surface area contributed by atoms with E-state index in [1.165, 1.54) is 11.1 Å². The molecule has 7 heteroatoms. The third kappa shape index (κ3) is 6.61. The molecule has 1 saturated carbocycles. The summed E-state index contributed by atoms with van der Waals surface area (Å²) in [7, 11) is 0. The number of nitrogens with two attached hydrogens (primary N) is 1. The Morgan fingerprint density at radius 2 is 1.78 bits per heavy atom. The van der Waals surface area contributed by atoms with Crippen LogP contribution in [-0.2, 0) is 17.9 Å². The van der Waals surface area contributed by atoms with E-state index < -0.39 is 0 Å². The summed E-state index contributed by atoms with van der Waals surface area (Å²) in [4.78, 5) is 14.9. The van der Waals surface area contributed by atoms with Gasteiger partial charge in [-0.15, -0.1) is 24.8 Å². The number of amides is 1. The summed E-state index contributed by atoms with van der Waals surface area (Å²) in [5, 5.41) is 12.8. The van der Waals surface area contributed by atoms with Crippen LogP contribution in [0, 0.1) is 11.8 Å². The van der Waals surface area contributed by atoms with Gasteiger partial charge in [0, 0.05) is 32.1 Å². The molecular weight excluding hydrogens is 385 g/mol. The van der Waals surface area contributed by atoms with Crippen LogP contribution in [0.3, 0.4) is 0 Å². The highest BCUT2D eigenvalue weighted by molar-refractivity contribution is 5.85. The second-order valence-corrected chi connectivity index (χ2v) is 7.53. The minimum Gasteiger partial charge on any atom is -0.393 e. The number of aliphatic hydroxyl groups is 1. The van der Waals surface area contributed by atoms with Crippen molar-refractivity contribution in [3.63, 3.8) is 0 Å². The molecular formula is C20H33Cl2N3O2. The van der Waals surface area contributed by atoms with Gasteiger partial charge in [0.05, 0.1) is 6.10 Å². The Balaban J connectivity index is 0.00000182. The molecule has 0 unspecified atom stereocenters. The van der Waals surface area contributed by atoms with Gasteiger partial charge >= 0.3 is 0 Å². The largest absolute Gasteiger partial charge is 0.393 e. The second-order valence-electron chi connectivity index (χ2n) is 7.53. The number of piperidine rings is 1. The lowest BCUT2D eigenvalue weighted by atomic mass is 9.95. The van der Waals surface area contributed by atoms with Gasteiger partial charge in [0.15, 0.2) is 0 Å². The molecule has 5 nitrogen and oxygen atoms in total. The van der Waals surface area contributed by atoms with Crippen LogP contribution in [0.4, 0.5) is 0 Å². The van der Waals surface area contributed by atoms with Gasteiger partial charge in [0.1, 0.15) is 0 Å². The first-order valence-electron chi connectivity index (χ1n) is 9.62. The molecule has 1 aromatic rings. The lowest BCUT2D eigenvalue weighted by Crippen LogP contribution is -2.36. The maximum Gasteiger partial charge on any atom is 0.223 e. The molecule has 2 fully saturated rings. The summed E-state index contributed by atoms with van der Waals surface area (Å²) >= 11 is 0. The molecule has 3 rings (SSSR count). The first-order chi connectivity index (χ1) is 12.2. The fourth-order valence-electron chi connectivity index (χ4n) is 4.18. The van der Waals surface area contributed by atoms with E-state index in [1.54, 1.807) is 0 Å². The third-order valence-corrected chi connectivity index (χ3v) is 5.82. The van der Waals surface area contributed by atoms with Crippen molar-refractivity contribution in [2.24, 2.45) is 17.6 Å². The number of likely N-dealkylation sites (tertiary alicyclic amines) is 1. The summed E-state index contributed by atoms with van der Waals surface area (Å²) in [6.45, 7) is 3.94. The van der Waals surface area contributed by atoms with Crippen molar-refractivity contribution in [1.29, 1.82) is 0 Å². The fourth-order valence-corrected chi connectivity index (χ4v) is 4.18. The van der Waals surface area contributed by atoms with Gasteiger partial charge in [0.25, 0.3) is 0 Å². The van der Waals surface area contributed by atoms with Crippen LogP contribution in [0.1, 0.15) is 43.2 Å². The second kappa shape index (κ2) is 11.9. The van der Waals surface area contributed by atoms with Crippen LogP contribution >= 0.6 is 24.8 Å². The summed E-state index contributed by atoms with van der Waals surface area (Å²) in [6, 6.07) is 8.33. The fraction of sp³-hybridized carbons (Fsp3) is 0.650. The lowest BCUT2D eigenvalue weighted by Gasteiger charge is -2.30. The highest BCUT2D eigenvalue weighted by Crippen LogP contribution is 2.31. The van der Waals surface area contributed by atoms with E-state index >= 15 is 0 Å². The van der Waals surface area contributed by atoms with Crippen LogP contribution in [-0.4, -0.2) is 41.7 Å². The van der Waals surface area contributed by atoms with E-state index in [9.17, 15) is 9.90 Å². The lowest BCUT2D eigenvalue weighted by molar-refractivity contribution is -0.126. The van der Waals surface area contributed by atoms with Gasteiger partial charge in [-0.05, 0) is 49.3 Å². The average molecular weight is 418 g/mol. The molecule has 2 atom stereocenters. The smallest absolute Gasteiger partial charge is 0.223 e. The molecule has 1 amide bonds. The number of aliphatic hydroxyl groups excluding tert-OH is 1. The first-order valence-corrected chi connectivity index (χ1v) is 9.62. The van der Waals surface area contributed by atoms with Crippen LogP contribution in [0.25, 0.3) is 0 Å². The summed E-state index contributed by atoms with van der Waals surface area (Å²) in [5.41, 5.74) is 8.25. The molecule has 27 heavy (non-hydrogen) atoms. The zero-order chi connectivity index (χ0) is 17.6. The maximum atomic E-state index is 12.5. The highest BCUT2D eigenvalue weighted by atomic mass is 35.5. The Morgan fingerprint density at radius 3 is 2.44 bits per heavy atom. The molecule has 154 valence electrons. The number of nitrogens with zero attached hydrogens (tertiary/aromatic N) is 1. The van der Waals surface area contributed by atoms with Crippen molar-refractivity contribution >= 4 is 30.7 Å². The monoisotopic (exact) mass is 417 g/mol. The Morgan fingerprint density at radius 1 is 1.11 bits per heavy atom. The van der Waals surface area contributed by atoms with Crippen molar-refractivity contribution < 1.29 is 9.90 Å². The van der Waals surface area contributed by atoms with Gasteiger partial charge < -0.3 is 16.2 Å². The van der Waals surface area contributed by atoms with E-state index in [-0.39, 0.29) is 42.7 Å². The Bertz CT molecular complexity index is 580. The number of hydrogen-bond acceptors (Lipinski definition) is 4. The number of halogens is 2. The van der Waals surface area contributed by atoms with E-state index in [4.69, 9.17) is 5.73 Å². The van der Waals surface area contributed by atoms with Crippen LogP contribution in [0.2, 0.25) is 0 Å². The highest BCUT2D eigenvalue weighted by Gasteiger charge is 2.31. The van der Waals surface area contributed by atoms with E-state index in [1.807, 2.05) is 6.07 Å². The summed E-state index contributed by atoms with van der Waals surface area (Å²) in [5.74, 6) is 0.583. The molecule has 2 aliphatic rings. The molecule has 1 saturated heterocycles. The van der Waals surface area contributed by atoms with Crippen LogP contribution in [0.5, 0.6) is 0 Å². The van der Waals surface area contributed by atoms with E-state index in [0.717, 1.165) is 51.7 Å². The minimum absolute atomic E-state index is 0. The van der Waals surface area contributed by atoms with Gasteiger partial charge in [-0.1, -0.05) is 30.7 Å². The molecule has 1 aliphatic carbocycles. The number of carbonyl (C=O) groups excluding carboxylic acids is 1. The van der Waals surface area contributed by atoms with E-state index in [2.05, 4.69) is 28.4 Å². The predicted molar refractivity (Wildman–Crippen MR) is 113 cm³/mol. The van der Waals surface area contributed by atoms with Gasteiger partial charge in [-0.3, -0.25) is 9.69 Å². The van der Waals surface area contributed by atoms with Crippen molar-refractivity contribution in [2.75, 3.05) is 19.6 Å². The SMILES string of the molecule is Cl.Cl.NC[C@H]1CCC[C@H]1C(=O)NCc1ccccc1CN1CCC(O)CC1. The van der Waals surface area contributed by atoms with E-state index in [0.29, 0.717) is 19.0 Å². The molecule has 0 bridgehead atoms. The van der Waals surface area contributed by atoms with Gasteiger partial charge in [-0.25, -0.2) is 0 Å². The molecule has 1 aliphatic heterocycles. The topological polar surface area (TPSA) is 78.6 Å². The molecule has 1 heterocycles. The quantitative estimate of drug-likeness (QED) is 0.663. The first kappa shape index (κ1) is 24.2. The zero-order valence-electron chi connectivity index (χ0n) is 15.8. The van der Waals surface area contributed by atoms with Crippen molar-refractivity contribution in [3.8, 4) is 0 Å². The van der Waals surface area contributed by atoms with Crippen LogP contribution in [0.15, 0.2) is 24.3 Å². The Labute approximate surface area is 174 Å². The number of nitrogens with one attached hydrogen (secondary N) is 1. The normalized spacial score (nSPS) is 23.3. The standard InChI is InChI=1S/C20H31N3O2.2ClH/c21-12-15-6-3-7-19(15)20(25)22-13-16-4-1-2-5-17(16)14-23-10-8-18(24)9-11-23;;/h1-2,4-5,15,18-19,24H,3,6-14,21H2,(H,22,25);2*1H/t15-,19-;;/m1../s1. The molecule has 0 radical (unpaired) electrons.